The normalized spacial score (nSPS) is 24.0. The molecule has 3 atom stereocenters. The molecule has 3 rings (SSSR count). The third-order valence-electron chi connectivity index (χ3n) is 4.25. The van der Waals surface area contributed by atoms with Crippen LogP contribution in [0.1, 0.15) is 51.7 Å². The number of carbonyl (C=O) groups is 2. The van der Waals surface area contributed by atoms with Gasteiger partial charge in [0.1, 0.15) is 5.60 Å². The van der Waals surface area contributed by atoms with E-state index in [1.54, 1.807) is 45.0 Å². The Balaban J connectivity index is 1.93. The Morgan fingerprint density at radius 2 is 1.56 bits per heavy atom. The molecule has 0 radical (unpaired) electrons. The van der Waals surface area contributed by atoms with Crippen molar-refractivity contribution in [3.8, 4) is 0 Å². The summed E-state index contributed by atoms with van der Waals surface area (Å²) in [5.41, 5.74) is 0.607. The van der Waals surface area contributed by atoms with Crippen LogP contribution in [-0.4, -0.2) is 17.4 Å². The Labute approximate surface area is 151 Å². The fraction of sp³-hybridized carbons (Fsp3) is 0.364. The Kier molecular flexibility index (Phi) is 4.07. The van der Waals surface area contributed by atoms with Gasteiger partial charge in [0, 0.05) is 20.6 Å². The summed E-state index contributed by atoms with van der Waals surface area (Å²) in [6.07, 6.45) is -2.25. The zero-order valence-electron chi connectivity index (χ0n) is 16.7. The van der Waals surface area contributed by atoms with Crippen LogP contribution in [0, 0.1) is 11.8 Å². The van der Waals surface area contributed by atoms with E-state index in [1.165, 1.54) is 0 Å². The fourth-order valence-corrected chi connectivity index (χ4v) is 3.15. The number of benzene rings is 2. The van der Waals surface area contributed by atoms with E-state index < -0.39 is 29.8 Å². The molecule has 0 heterocycles. The van der Waals surface area contributed by atoms with Crippen LogP contribution in [0.2, 0.25) is 0 Å². The van der Waals surface area contributed by atoms with Gasteiger partial charge in [0.25, 0.3) is 0 Å². The summed E-state index contributed by atoms with van der Waals surface area (Å²) in [5.74, 6) is -2.73. The van der Waals surface area contributed by atoms with Crippen molar-refractivity contribution in [2.24, 2.45) is 11.8 Å². The molecular weight excluding hydrogens is 312 g/mol. The van der Waals surface area contributed by atoms with E-state index in [2.05, 4.69) is 0 Å². The van der Waals surface area contributed by atoms with Crippen LogP contribution in [0.4, 0.5) is 0 Å². The summed E-state index contributed by atoms with van der Waals surface area (Å²) in [6.45, 7) is 5.11. The summed E-state index contributed by atoms with van der Waals surface area (Å²) >= 11 is 0. The van der Waals surface area contributed by atoms with Gasteiger partial charge in [0.15, 0.2) is 5.78 Å². The molecule has 0 bridgehead atoms. The zero-order chi connectivity index (χ0) is 19.8. The van der Waals surface area contributed by atoms with Gasteiger partial charge in [-0.25, -0.2) is 0 Å². The molecule has 2 aromatic carbocycles. The largest absolute Gasteiger partial charge is 0.460 e. The molecule has 0 saturated heterocycles. The highest BCUT2D eigenvalue weighted by Gasteiger charge is 2.56. The second-order valence-electron chi connectivity index (χ2n) is 7.36. The highest BCUT2D eigenvalue weighted by atomic mass is 16.6. The molecule has 0 aliphatic heterocycles. The number of ether oxygens (including phenoxy) is 1. The minimum absolute atomic E-state index is 0.137. The van der Waals surface area contributed by atoms with Crippen molar-refractivity contribution < 1.29 is 17.1 Å². The van der Waals surface area contributed by atoms with E-state index in [0.29, 0.717) is 5.56 Å². The maximum atomic E-state index is 13.0. The maximum absolute atomic E-state index is 13.0. The number of carbonyl (C=O) groups excluding carboxylic acids is 2. The van der Waals surface area contributed by atoms with E-state index in [4.69, 9.17) is 7.48 Å². The summed E-state index contributed by atoms with van der Waals surface area (Å²) in [6, 6.07) is 18.2. The van der Waals surface area contributed by atoms with Gasteiger partial charge in [0.2, 0.25) is 0 Å². The summed E-state index contributed by atoms with van der Waals surface area (Å²) in [7, 11) is 0. The third kappa shape index (κ3) is 4.16. The number of hydrogen-bond donors (Lipinski definition) is 0. The molecule has 0 amide bonds. The van der Waals surface area contributed by atoms with Crippen molar-refractivity contribution >= 4 is 11.8 Å². The Bertz CT molecular complexity index is 826. The lowest BCUT2D eigenvalue weighted by Gasteiger charge is -2.19. The van der Waals surface area contributed by atoms with E-state index in [-0.39, 0.29) is 11.7 Å². The number of Topliss-reactive ketones (excluding diaryl/α,β-unsaturated/α-hetero) is 1. The highest BCUT2D eigenvalue weighted by molar-refractivity contribution is 6.01. The van der Waals surface area contributed by atoms with E-state index in [1.807, 2.05) is 36.4 Å². The van der Waals surface area contributed by atoms with Crippen molar-refractivity contribution in [1.82, 2.24) is 0 Å². The first-order valence-electron chi connectivity index (χ1n) is 9.50. The van der Waals surface area contributed by atoms with E-state index >= 15 is 0 Å². The van der Waals surface area contributed by atoms with Crippen LogP contribution >= 0.6 is 0 Å². The molecule has 1 aliphatic rings. The summed E-state index contributed by atoms with van der Waals surface area (Å²) < 4.78 is 22.2. The van der Waals surface area contributed by atoms with Gasteiger partial charge >= 0.3 is 5.97 Å². The van der Waals surface area contributed by atoms with Gasteiger partial charge in [0.05, 0.1) is 0 Å². The van der Waals surface area contributed by atoms with E-state index in [0.717, 1.165) is 5.56 Å². The predicted molar refractivity (Wildman–Crippen MR) is 97.4 cm³/mol. The first-order valence-corrected chi connectivity index (χ1v) is 8.50. The quantitative estimate of drug-likeness (QED) is 0.590. The van der Waals surface area contributed by atoms with Gasteiger partial charge in [-0.15, -0.1) is 0 Å². The highest BCUT2D eigenvalue weighted by Crippen LogP contribution is 2.57. The van der Waals surface area contributed by atoms with Crippen molar-refractivity contribution in [1.29, 1.82) is 0 Å². The molecule has 0 N–H and O–H groups in total. The van der Waals surface area contributed by atoms with Gasteiger partial charge in [-0.3, -0.25) is 9.59 Å². The topological polar surface area (TPSA) is 43.4 Å². The van der Waals surface area contributed by atoms with Gasteiger partial charge < -0.3 is 4.74 Å². The van der Waals surface area contributed by atoms with E-state index in [9.17, 15) is 9.59 Å². The molecule has 3 heteroatoms. The van der Waals surface area contributed by atoms with Crippen LogP contribution < -0.4 is 0 Å². The predicted octanol–water partition coefficient (Wildman–Crippen LogP) is 4.63. The molecule has 1 aliphatic carbocycles. The van der Waals surface area contributed by atoms with Crippen molar-refractivity contribution in [2.75, 3.05) is 0 Å². The molecule has 1 saturated carbocycles. The Morgan fingerprint density at radius 3 is 2.12 bits per heavy atom. The molecule has 130 valence electrons. The number of ketones is 1. The molecule has 2 aromatic rings. The van der Waals surface area contributed by atoms with Crippen LogP contribution in [0.25, 0.3) is 0 Å². The number of rotatable bonds is 5. The van der Waals surface area contributed by atoms with Crippen molar-refractivity contribution in [3.63, 3.8) is 0 Å². The standard InChI is InChI=1S/C22H24O3/c1-22(2,3)25-18(23)14-17-19(15-10-6-4-7-11-15)20(17)21(24)16-12-8-5-9-13-16/h4-13,17,19-20H,14H2,1-3H3/t17-,19+,20+/m0/s1/i14D2. The lowest BCUT2D eigenvalue weighted by molar-refractivity contribution is -0.155. The molecule has 0 spiro atoms. The Morgan fingerprint density at radius 1 is 1.00 bits per heavy atom. The average molecular weight is 338 g/mol. The van der Waals surface area contributed by atoms with Crippen molar-refractivity contribution in [2.45, 2.75) is 38.7 Å². The average Bonchev–Trinajstić information content (AvgIpc) is 3.37. The monoisotopic (exact) mass is 338 g/mol. The summed E-state index contributed by atoms with van der Waals surface area (Å²) in [4.78, 5) is 25.6. The lowest BCUT2D eigenvalue weighted by Crippen LogP contribution is -2.24. The zero-order valence-corrected chi connectivity index (χ0v) is 14.7. The Hall–Kier alpha value is -2.42. The maximum Gasteiger partial charge on any atom is 0.306 e. The van der Waals surface area contributed by atoms with Crippen LogP contribution in [0.3, 0.4) is 0 Å². The van der Waals surface area contributed by atoms with Gasteiger partial charge in [-0.1, -0.05) is 60.7 Å². The number of esters is 1. The third-order valence-corrected chi connectivity index (χ3v) is 4.25. The molecular formula is C22H24O3. The molecule has 0 aromatic heterocycles. The SMILES string of the molecule is [2H]C([2H])(C(=O)OC(C)(C)C)[C@@H]1[C@@H](C(=O)c2ccccc2)[C@@H]1c1ccccc1. The fourth-order valence-electron chi connectivity index (χ4n) is 3.15. The van der Waals surface area contributed by atoms with Crippen molar-refractivity contribution in [3.05, 3.63) is 71.8 Å². The lowest BCUT2D eigenvalue weighted by atomic mass is 10.0. The smallest absolute Gasteiger partial charge is 0.306 e. The van der Waals surface area contributed by atoms with Gasteiger partial charge in [-0.05, 0) is 38.2 Å². The van der Waals surface area contributed by atoms with Crippen LogP contribution in [-0.2, 0) is 9.53 Å². The molecule has 1 fully saturated rings. The first-order chi connectivity index (χ1) is 12.6. The summed E-state index contributed by atoms with van der Waals surface area (Å²) in [5, 5.41) is 0. The second-order valence-corrected chi connectivity index (χ2v) is 7.36. The minimum atomic E-state index is -2.25. The molecule has 3 nitrogen and oxygen atoms in total. The minimum Gasteiger partial charge on any atom is -0.460 e. The first kappa shape index (κ1) is 14.9. The number of hydrogen-bond acceptors (Lipinski definition) is 3. The molecule has 25 heavy (non-hydrogen) atoms. The van der Waals surface area contributed by atoms with Gasteiger partial charge in [-0.2, -0.15) is 0 Å². The van der Waals surface area contributed by atoms with Crippen LogP contribution in [0.5, 0.6) is 0 Å². The molecule has 0 unspecified atom stereocenters. The second kappa shape index (κ2) is 6.83. The van der Waals surface area contributed by atoms with Crippen LogP contribution in [0.15, 0.2) is 60.7 Å².